The van der Waals surface area contributed by atoms with Gasteiger partial charge in [-0.25, -0.2) is 4.98 Å². The van der Waals surface area contributed by atoms with Crippen molar-refractivity contribution in [2.45, 2.75) is 0 Å². The van der Waals surface area contributed by atoms with E-state index in [0.717, 1.165) is 38.3 Å². The first kappa shape index (κ1) is 22.3. The number of rotatable bonds is 4. The lowest BCUT2D eigenvalue weighted by atomic mass is 10.3. The molecule has 0 aromatic carbocycles. The van der Waals surface area contributed by atoms with Gasteiger partial charge in [-0.1, -0.05) is 0 Å². The van der Waals surface area contributed by atoms with Crippen LogP contribution in [0.5, 0.6) is 0 Å². The van der Waals surface area contributed by atoms with Gasteiger partial charge in [0.2, 0.25) is 0 Å². The fourth-order valence-corrected chi connectivity index (χ4v) is 2.21. The van der Waals surface area contributed by atoms with Crippen molar-refractivity contribution in [2.75, 3.05) is 64.7 Å². The van der Waals surface area contributed by atoms with Crippen LogP contribution in [-0.2, 0) is 4.74 Å². The van der Waals surface area contributed by atoms with Crippen molar-refractivity contribution >= 4 is 24.2 Å². The molecule has 0 atom stereocenters. The predicted octanol–water partition coefficient (Wildman–Crippen LogP) is 1.17. The molecule has 0 radical (unpaired) electrons. The van der Waals surface area contributed by atoms with Gasteiger partial charge >= 0.3 is 0 Å². The van der Waals surface area contributed by atoms with Crippen LogP contribution in [0.25, 0.3) is 0 Å². The van der Waals surface area contributed by atoms with E-state index in [1.54, 1.807) is 33.5 Å². The second kappa shape index (κ2) is 12.6. The molecular formula is C18H28N6O3. The number of carbonyl (C=O) groups excluding carboxylic acids is 2. The molecule has 1 aliphatic heterocycles. The van der Waals surface area contributed by atoms with Gasteiger partial charge in [-0.15, -0.1) is 0 Å². The molecule has 0 saturated carbocycles. The number of hydrogen-bond donors (Lipinski definition) is 2. The molecule has 3 rings (SSSR count). The van der Waals surface area contributed by atoms with Gasteiger partial charge in [0.15, 0.2) is 12.6 Å². The molecule has 0 aliphatic carbocycles. The Bertz CT molecular complexity index is 666. The van der Waals surface area contributed by atoms with Crippen molar-refractivity contribution in [3.63, 3.8) is 0 Å². The second-order valence-electron chi connectivity index (χ2n) is 5.84. The van der Waals surface area contributed by atoms with E-state index in [-0.39, 0.29) is 0 Å². The lowest BCUT2D eigenvalue weighted by Crippen LogP contribution is -2.44. The molecule has 1 aliphatic rings. The first-order valence-corrected chi connectivity index (χ1v) is 8.51. The van der Waals surface area contributed by atoms with Crippen molar-refractivity contribution < 1.29 is 14.3 Å². The Balaban J connectivity index is 0.000000259. The molecule has 2 N–H and O–H groups in total. The van der Waals surface area contributed by atoms with Gasteiger partial charge in [-0.2, -0.15) is 5.10 Å². The minimum Gasteiger partial charge on any atom is -0.388 e. The summed E-state index contributed by atoms with van der Waals surface area (Å²) in [6, 6.07) is 5.36. The number of anilines is 2. The van der Waals surface area contributed by atoms with Crippen molar-refractivity contribution in [2.24, 2.45) is 0 Å². The highest BCUT2D eigenvalue weighted by atomic mass is 16.4. The fourth-order valence-electron chi connectivity index (χ4n) is 2.21. The highest BCUT2D eigenvalue weighted by Gasteiger charge is 2.14. The molecule has 1 fully saturated rings. The Hall–Kier alpha value is -2.78. The summed E-state index contributed by atoms with van der Waals surface area (Å²) < 4.78 is 4.25. The van der Waals surface area contributed by atoms with Crippen LogP contribution < -0.4 is 10.2 Å². The number of aromatic nitrogens is 3. The molecule has 1 saturated heterocycles. The topological polar surface area (TPSA) is 103 Å². The van der Waals surface area contributed by atoms with E-state index in [1.165, 1.54) is 0 Å². The van der Waals surface area contributed by atoms with E-state index in [9.17, 15) is 9.59 Å². The summed E-state index contributed by atoms with van der Waals surface area (Å²) in [7, 11) is 7.12. The Kier molecular flexibility index (Phi) is 10.4. The standard InChI is InChI=1S/C11H15N3O.C5H7N3O.C2H6O/c1-13-4-6-14(7-5-13)11-3-2-10(9-15)8-12-11;1-6-5-2-4(3-9)7-8-5;1-3-2/h2-3,8-9H,4-7H2,1H3;2-3H,1H3,(H2,6,7,8);1-2H3. The summed E-state index contributed by atoms with van der Waals surface area (Å²) >= 11 is 0. The zero-order valence-electron chi connectivity index (χ0n) is 16.3. The first-order valence-electron chi connectivity index (χ1n) is 8.51. The number of pyridine rings is 1. The highest BCUT2D eigenvalue weighted by Crippen LogP contribution is 2.12. The van der Waals surface area contributed by atoms with Gasteiger partial charge in [-0.05, 0) is 19.2 Å². The van der Waals surface area contributed by atoms with Crippen LogP contribution in [-0.4, -0.2) is 87.1 Å². The van der Waals surface area contributed by atoms with Crippen molar-refractivity contribution in [1.29, 1.82) is 0 Å². The molecule has 0 unspecified atom stereocenters. The molecule has 2 aromatic rings. The maximum atomic E-state index is 10.5. The molecule has 0 amide bonds. The number of nitrogens with one attached hydrogen (secondary N) is 2. The molecule has 0 bridgehead atoms. The lowest BCUT2D eigenvalue weighted by Gasteiger charge is -2.33. The quantitative estimate of drug-likeness (QED) is 0.767. The maximum Gasteiger partial charge on any atom is 0.167 e. The van der Waals surface area contributed by atoms with Gasteiger partial charge in [0.1, 0.15) is 11.6 Å². The summed E-state index contributed by atoms with van der Waals surface area (Å²) in [6.07, 6.45) is 3.16. The van der Waals surface area contributed by atoms with Gasteiger partial charge in [-0.3, -0.25) is 14.7 Å². The molecular weight excluding hydrogens is 348 g/mol. The number of H-pyrrole nitrogens is 1. The van der Waals surface area contributed by atoms with Crippen LogP contribution in [0, 0.1) is 0 Å². The van der Waals surface area contributed by atoms with Gasteiger partial charge in [0.25, 0.3) is 0 Å². The summed E-state index contributed by atoms with van der Waals surface area (Å²) in [5.74, 6) is 1.64. The third-order valence-corrected chi connectivity index (χ3v) is 3.71. The minimum absolute atomic E-state index is 0.486. The summed E-state index contributed by atoms with van der Waals surface area (Å²) in [5.41, 5.74) is 1.12. The average molecular weight is 376 g/mol. The van der Waals surface area contributed by atoms with E-state index in [0.29, 0.717) is 23.4 Å². The summed E-state index contributed by atoms with van der Waals surface area (Å²) in [4.78, 5) is 29.3. The predicted molar refractivity (Wildman–Crippen MR) is 106 cm³/mol. The van der Waals surface area contributed by atoms with Crippen molar-refractivity contribution in [3.05, 3.63) is 35.7 Å². The Morgan fingerprint density at radius 2 is 1.81 bits per heavy atom. The largest absolute Gasteiger partial charge is 0.388 e. The molecule has 3 heterocycles. The number of carbonyl (C=O) groups is 2. The molecule has 0 spiro atoms. The van der Waals surface area contributed by atoms with E-state index in [1.807, 2.05) is 12.1 Å². The molecule has 2 aromatic heterocycles. The van der Waals surface area contributed by atoms with E-state index >= 15 is 0 Å². The number of aromatic amines is 1. The normalized spacial score (nSPS) is 13.6. The van der Waals surface area contributed by atoms with Gasteiger partial charge < -0.3 is 19.9 Å². The van der Waals surface area contributed by atoms with E-state index in [4.69, 9.17) is 0 Å². The zero-order chi connectivity index (χ0) is 20.1. The van der Waals surface area contributed by atoms with Crippen LogP contribution in [0.1, 0.15) is 20.8 Å². The van der Waals surface area contributed by atoms with Crippen LogP contribution >= 0.6 is 0 Å². The third kappa shape index (κ3) is 7.97. The number of nitrogens with zero attached hydrogens (tertiary/aromatic N) is 4. The van der Waals surface area contributed by atoms with Crippen LogP contribution in [0.3, 0.4) is 0 Å². The van der Waals surface area contributed by atoms with Gasteiger partial charge in [0, 0.05) is 65.3 Å². The average Bonchev–Trinajstić information content (AvgIpc) is 3.18. The number of methoxy groups -OCH3 is 1. The maximum absolute atomic E-state index is 10.5. The smallest absolute Gasteiger partial charge is 0.167 e. The number of likely N-dealkylation sites (N-methyl/N-ethyl adjacent to an activating group) is 1. The van der Waals surface area contributed by atoms with E-state index < -0.39 is 0 Å². The first-order chi connectivity index (χ1) is 13.1. The summed E-state index contributed by atoms with van der Waals surface area (Å²) in [6.45, 7) is 4.14. The number of hydrogen-bond acceptors (Lipinski definition) is 8. The molecule has 148 valence electrons. The monoisotopic (exact) mass is 376 g/mol. The fraction of sp³-hybridized carbons (Fsp3) is 0.444. The lowest BCUT2D eigenvalue weighted by molar-refractivity contribution is 0.111. The zero-order valence-corrected chi connectivity index (χ0v) is 16.3. The van der Waals surface area contributed by atoms with Crippen LogP contribution in [0.15, 0.2) is 24.4 Å². The number of aldehydes is 2. The third-order valence-electron chi connectivity index (χ3n) is 3.71. The van der Waals surface area contributed by atoms with Crippen LogP contribution in [0.2, 0.25) is 0 Å². The molecule has 9 nitrogen and oxygen atoms in total. The number of piperazine rings is 1. The Labute approximate surface area is 159 Å². The van der Waals surface area contributed by atoms with Crippen LogP contribution in [0.4, 0.5) is 11.6 Å². The second-order valence-corrected chi connectivity index (χ2v) is 5.84. The SMILES string of the molecule is CN1CCN(c2ccc(C=O)cn2)CC1.CNc1cc(C=O)[nH]n1.COC. The Morgan fingerprint density at radius 1 is 1.15 bits per heavy atom. The summed E-state index contributed by atoms with van der Waals surface area (Å²) in [5, 5.41) is 9.04. The van der Waals surface area contributed by atoms with Gasteiger partial charge in [0.05, 0.1) is 5.69 Å². The molecule has 27 heavy (non-hydrogen) atoms. The molecule has 9 heteroatoms. The highest BCUT2D eigenvalue weighted by molar-refractivity contribution is 5.74. The van der Waals surface area contributed by atoms with Crippen molar-refractivity contribution in [3.8, 4) is 0 Å². The number of ether oxygens (including phenoxy) is 1. The van der Waals surface area contributed by atoms with E-state index in [2.05, 4.69) is 42.1 Å². The Morgan fingerprint density at radius 3 is 2.22 bits per heavy atom. The minimum atomic E-state index is 0.486. The van der Waals surface area contributed by atoms with Crippen molar-refractivity contribution in [1.82, 2.24) is 20.1 Å².